The van der Waals surface area contributed by atoms with E-state index in [-0.39, 0.29) is 5.41 Å². The summed E-state index contributed by atoms with van der Waals surface area (Å²) in [5.74, 6) is 0.631. The third-order valence-corrected chi connectivity index (χ3v) is 3.43. The fourth-order valence-corrected chi connectivity index (χ4v) is 2.44. The minimum Gasteiger partial charge on any atom is -0.492 e. The van der Waals surface area contributed by atoms with Crippen LogP contribution in [0.2, 0.25) is 10.0 Å². The van der Waals surface area contributed by atoms with Gasteiger partial charge < -0.3 is 10.5 Å². The van der Waals surface area contributed by atoms with Crippen LogP contribution < -0.4 is 10.5 Å². The van der Waals surface area contributed by atoms with Crippen LogP contribution in [0.1, 0.15) is 32.8 Å². The fraction of sp³-hybridized carbons (Fsp3) is 0.538. The van der Waals surface area contributed by atoms with E-state index in [2.05, 4.69) is 13.8 Å². The molecule has 2 nitrogen and oxygen atoms in total. The number of halogens is 2. The Morgan fingerprint density at radius 2 is 1.88 bits per heavy atom. The van der Waals surface area contributed by atoms with Gasteiger partial charge in [-0.05, 0) is 36.9 Å². The zero-order valence-corrected chi connectivity index (χ0v) is 12.0. The summed E-state index contributed by atoms with van der Waals surface area (Å²) in [5, 5.41) is 1.27. The minimum atomic E-state index is -0.0831. The first-order chi connectivity index (χ1) is 7.92. The Morgan fingerprint density at radius 1 is 1.24 bits per heavy atom. The second-order valence-electron chi connectivity index (χ2n) is 4.62. The quantitative estimate of drug-likeness (QED) is 0.881. The molecule has 1 aromatic carbocycles. The molecule has 0 fully saturated rings. The van der Waals surface area contributed by atoms with Gasteiger partial charge in [-0.25, -0.2) is 0 Å². The molecule has 96 valence electrons. The average molecular weight is 276 g/mol. The smallest absolute Gasteiger partial charge is 0.139 e. The second kappa shape index (κ2) is 5.94. The molecule has 0 aliphatic carbocycles. The van der Waals surface area contributed by atoms with Crippen LogP contribution >= 0.6 is 23.2 Å². The van der Waals surface area contributed by atoms with E-state index in [0.29, 0.717) is 28.9 Å². The number of nitrogens with two attached hydrogens (primary N) is 1. The van der Waals surface area contributed by atoms with Crippen molar-refractivity contribution in [3.05, 3.63) is 27.7 Å². The molecule has 0 saturated heterocycles. The SMILES string of the molecule is CCOc1cc(Cl)c(C(C)(C)CCN)cc1Cl. The first-order valence-corrected chi connectivity index (χ1v) is 6.50. The number of hydrogen-bond donors (Lipinski definition) is 1. The van der Waals surface area contributed by atoms with Gasteiger partial charge in [-0.3, -0.25) is 0 Å². The largest absolute Gasteiger partial charge is 0.492 e. The zero-order chi connectivity index (χ0) is 13.1. The summed E-state index contributed by atoms with van der Waals surface area (Å²) in [6.07, 6.45) is 0.858. The minimum absolute atomic E-state index is 0.0831. The molecule has 0 aromatic heterocycles. The van der Waals surface area contributed by atoms with Gasteiger partial charge in [0.25, 0.3) is 0 Å². The standard InChI is InChI=1S/C13H19Cl2NO/c1-4-17-12-8-10(14)9(7-11(12)15)13(2,3)5-6-16/h7-8H,4-6,16H2,1-3H3. The number of rotatable bonds is 5. The first-order valence-electron chi connectivity index (χ1n) is 5.74. The molecule has 0 saturated carbocycles. The normalized spacial score (nSPS) is 11.6. The van der Waals surface area contributed by atoms with Crippen LogP contribution in [-0.4, -0.2) is 13.2 Å². The third-order valence-electron chi connectivity index (χ3n) is 2.82. The monoisotopic (exact) mass is 275 g/mol. The third kappa shape index (κ3) is 3.51. The van der Waals surface area contributed by atoms with Gasteiger partial charge in [-0.1, -0.05) is 37.0 Å². The van der Waals surface area contributed by atoms with Crippen molar-refractivity contribution in [2.24, 2.45) is 5.73 Å². The lowest BCUT2D eigenvalue weighted by Crippen LogP contribution is -2.22. The fourth-order valence-electron chi connectivity index (χ4n) is 1.81. The molecule has 0 spiro atoms. The maximum absolute atomic E-state index is 6.28. The van der Waals surface area contributed by atoms with Gasteiger partial charge in [-0.15, -0.1) is 0 Å². The van der Waals surface area contributed by atoms with Crippen molar-refractivity contribution >= 4 is 23.2 Å². The Hall–Kier alpha value is -0.440. The summed E-state index contributed by atoms with van der Waals surface area (Å²) in [5.41, 5.74) is 6.55. The zero-order valence-electron chi connectivity index (χ0n) is 10.5. The Kier molecular flexibility index (Phi) is 5.11. The molecular formula is C13H19Cl2NO. The lowest BCUT2D eigenvalue weighted by Gasteiger charge is -2.26. The molecule has 0 heterocycles. The molecule has 0 aliphatic heterocycles. The van der Waals surface area contributed by atoms with Gasteiger partial charge in [0.15, 0.2) is 0 Å². The van der Waals surface area contributed by atoms with Crippen LogP contribution in [0, 0.1) is 0 Å². The topological polar surface area (TPSA) is 35.2 Å². The molecule has 0 radical (unpaired) electrons. The van der Waals surface area contributed by atoms with Crippen LogP contribution in [0.15, 0.2) is 12.1 Å². The molecule has 17 heavy (non-hydrogen) atoms. The van der Waals surface area contributed by atoms with Gasteiger partial charge in [-0.2, -0.15) is 0 Å². The van der Waals surface area contributed by atoms with Crippen LogP contribution in [0.5, 0.6) is 5.75 Å². The Balaban J connectivity index is 3.15. The van der Waals surface area contributed by atoms with Crippen LogP contribution in [-0.2, 0) is 5.41 Å². The van der Waals surface area contributed by atoms with Gasteiger partial charge in [0.1, 0.15) is 5.75 Å². The van der Waals surface area contributed by atoms with E-state index in [9.17, 15) is 0 Å². The van der Waals surface area contributed by atoms with Crippen molar-refractivity contribution in [2.75, 3.05) is 13.2 Å². The first kappa shape index (κ1) is 14.6. The summed E-state index contributed by atoms with van der Waals surface area (Å²) >= 11 is 12.4. The predicted octanol–water partition coefficient (Wildman–Crippen LogP) is 4.02. The Morgan fingerprint density at radius 3 is 2.41 bits per heavy atom. The van der Waals surface area contributed by atoms with Crippen LogP contribution in [0.4, 0.5) is 0 Å². The summed E-state index contributed by atoms with van der Waals surface area (Å²) in [6, 6.07) is 3.66. The second-order valence-corrected chi connectivity index (χ2v) is 5.43. The molecule has 4 heteroatoms. The predicted molar refractivity (Wildman–Crippen MR) is 74.3 cm³/mol. The highest BCUT2D eigenvalue weighted by Gasteiger charge is 2.24. The summed E-state index contributed by atoms with van der Waals surface area (Å²) < 4.78 is 5.40. The van der Waals surface area contributed by atoms with E-state index in [4.69, 9.17) is 33.7 Å². The van der Waals surface area contributed by atoms with Crippen molar-refractivity contribution < 1.29 is 4.74 Å². The number of hydrogen-bond acceptors (Lipinski definition) is 2. The number of benzene rings is 1. The van der Waals surface area contributed by atoms with E-state index < -0.39 is 0 Å². The summed E-state index contributed by atoms with van der Waals surface area (Å²) in [4.78, 5) is 0. The molecule has 1 rings (SSSR count). The molecule has 0 aliphatic rings. The molecule has 2 N–H and O–H groups in total. The molecule has 0 atom stereocenters. The maximum Gasteiger partial charge on any atom is 0.139 e. The Bertz CT molecular complexity index is 391. The molecule has 1 aromatic rings. The van der Waals surface area contributed by atoms with Crippen molar-refractivity contribution in [3.63, 3.8) is 0 Å². The number of ether oxygens (including phenoxy) is 1. The molecular weight excluding hydrogens is 257 g/mol. The van der Waals surface area contributed by atoms with Crippen LogP contribution in [0.3, 0.4) is 0 Å². The highest BCUT2D eigenvalue weighted by molar-refractivity contribution is 6.34. The van der Waals surface area contributed by atoms with E-state index in [1.54, 1.807) is 6.07 Å². The van der Waals surface area contributed by atoms with E-state index in [1.165, 1.54) is 0 Å². The van der Waals surface area contributed by atoms with Gasteiger partial charge in [0.2, 0.25) is 0 Å². The van der Waals surface area contributed by atoms with Crippen molar-refractivity contribution in [3.8, 4) is 5.75 Å². The molecule has 0 unspecified atom stereocenters. The summed E-state index contributed by atoms with van der Waals surface area (Å²) in [6.45, 7) is 7.32. The van der Waals surface area contributed by atoms with E-state index in [0.717, 1.165) is 12.0 Å². The van der Waals surface area contributed by atoms with Crippen molar-refractivity contribution in [2.45, 2.75) is 32.6 Å². The molecule has 0 bridgehead atoms. The lowest BCUT2D eigenvalue weighted by molar-refractivity contribution is 0.340. The van der Waals surface area contributed by atoms with Crippen molar-refractivity contribution in [1.82, 2.24) is 0 Å². The molecule has 0 amide bonds. The average Bonchev–Trinajstić information content (AvgIpc) is 2.23. The maximum atomic E-state index is 6.28. The highest BCUT2D eigenvalue weighted by Crippen LogP contribution is 2.38. The van der Waals surface area contributed by atoms with Gasteiger partial charge >= 0.3 is 0 Å². The highest BCUT2D eigenvalue weighted by atomic mass is 35.5. The van der Waals surface area contributed by atoms with E-state index in [1.807, 2.05) is 13.0 Å². The van der Waals surface area contributed by atoms with Gasteiger partial charge in [0, 0.05) is 11.1 Å². The van der Waals surface area contributed by atoms with Gasteiger partial charge in [0.05, 0.1) is 11.6 Å². The lowest BCUT2D eigenvalue weighted by atomic mass is 9.81. The van der Waals surface area contributed by atoms with Crippen molar-refractivity contribution in [1.29, 1.82) is 0 Å². The van der Waals surface area contributed by atoms with E-state index >= 15 is 0 Å². The van der Waals surface area contributed by atoms with Crippen LogP contribution in [0.25, 0.3) is 0 Å². The summed E-state index contributed by atoms with van der Waals surface area (Å²) in [7, 11) is 0. The Labute approximate surface area is 113 Å².